The minimum atomic E-state index is 0.115. The molecule has 1 saturated heterocycles. The van der Waals surface area contributed by atoms with Crippen LogP contribution in [-0.4, -0.2) is 65.1 Å². The van der Waals surface area contributed by atoms with E-state index in [1.807, 2.05) is 29.2 Å². The van der Waals surface area contributed by atoms with Crippen LogP contribution in [0.2, 0.25) is 0 Å². The van der Waals surface area contributed by atoms with Crippen molar-refractivity contribution in [2.45, 2.75) is 32.7 Å². The van der Waals surface area contributed by atoms with Crippen molar-refractivity contribution >= 4 is 5.91 Å². The Morgan fingerprint density at radius 1 is 1.09 bits per heavy atom. The van der Waals surface area contributed by atoms with Crippen LogP contribution in [0.5, 0.6) is 0 Å². The number of carbonyl (C=O) groups excluding carboxylic acids is 1. The summed E-state index contributed by atoms with van der Waals surface area (Å²) in [5.41, 5.74) is 3.28. The molecular formula is C26H32N4O3. The van der Waals surface area contributed by atoms with Crippen LogP contribution in [0.4, 0.5) is 0 Å². The van der Waals surface area contributed by atoms with Crippen LogP contribution >= 0.6 is 0 Å². The van der Waals surface area contributed by atoms with E-state index in [0.29, 0.717) is 25.3 Å². The maximum Gasteiger partial charge on any atom is 0.223 e. The van der Waals surface area contributed by atoms with Gasteiger partial charge in [0.05, 0.1) is 19.4 Å². The van der Waals surface area contributed by atoms with Crippen LogP contribution in [-0.2, 0) is 22.5 Å². The highest BCUT2D eigenvalue weighted by Gasteiger charge is 2.17. The first-order valence-corrected chi connectivity index (χ1v) is 11.7. The van der Waals surface area contributed by atoms with Crippen molar-refractivity contribution in [3.05, 3.63) is 72.0 Å². The molecule has 1 aromatic carbocycles. The third-order valence-corrected chi connectivity index (χ3v) is 5.92. The predicted octanol–water partition coefficient (Wildman–Crippen LogP) is 3.73. The van der Waals surface area contributed by atoms with Gasteiger partial charge in [-0.25, -0.2) is 4.98 Å². The molecule has 33 heavy (non-hydrogen) atoms. The number of amides is 1. The van der Waals surface area contributed by atoms with E-state index in [1.54, 1.807) is 18.6 Å². The second-order valence-corrected chi connectivity index (χ2v) is 8.46. The minimum absolute atomic E-state index is 0.115. The molecule has 0 atom stereocenters. The average Bonchev–Trinajstić information content (AvgIpc) is 3.33. The zero-order valence-electron chi connectivity index (χ0n) is 19.3. The van der Waals surface area contributed by atoms with Gasteiger partial charge in [0.25, 0.3) is 0 Å². The molecular weight excluding hydrogens is 416 g/mol. The smallest absolute Gasteiger partial charge is 0.223 e. The third kappa shape index (κ3) is 6.97. The third-order valence-electron chi connectivity index (χ3n) is 5.92. The van der Waals surface area contributed by atoms with Crippen molar-refractivity contribution in [3.63, 3.8) is 0 Å². The number of hydrogen-bond acceptors (Lipinski definition) is 6. The normalized spacial score (nSPS) is 14.3. The number of carbonyl (C=O) groups is 1. The minimum Gasteiger partial charge on any atom is -0.441 e. The van der Waals surface area contributed by atoms with Gasteiger partial charge in [0.1, 0.15) is 0 Å². The number of nitrogens with zero attached hydrogens (tertiary/aromatic N) is 4. The fourth-order valence-corrected chi connectivity index (χ4v) is 3.96. The van der Waals surface area contributed by atoms with Crippen LogP contribution in [0.3, 0.4) is 0 Å². The van der Waals surface area contributed by atoms with E-state index >= 15 is 0 Å². The van der Waals surface area contributed by atoms with Crippen LogP contribution < -0.4 is 0 Å². The topological polar surface area (TPSA) is 71.7 Å². The number of hydrogen-bond donors (Lipinski definition) is 0. The summed E-state index contributed by atoms with van der Waals surface area (Å²) in [7, 11) is 0. The van der Waals surface area contributed by atoms with Gasteiger partial charge in [-0.15, -0.1) is 0 Å². The Kier molecular flexibility index (Phi) is 8.22. The molecule has 0 saturated carbocycles. The number of rotatable bonds is 10. The van der Waals surface area contributed by atoms with Gasteiger partial charge in [0, 0.05) is 63.5 Å². The van der Waals surface area contributed by atoms with Gasteiger partial charge in [-0.05, 0) is 31.0 Å². The van der Waals surface area contributed by atoms with Crippen LogP contribution in [0.25, 0.3) is 11.3 Å². The van der Waals surface area contributed by atoms with Gasteiger partial charge >= 0.3 is 0 Å². The highest BCUT2D eigenvalue weighted by atomic mass is 16.5. The summed E-state index contributed by atoms with van der Waals surface area (Å²) in [6.07, 6.45) is 7.07. The quantitative estimate of drug-likeness (QED) is 0.471. The molecule has 1 aliphatic rings. The van der Waals surface area contributed by atoms with E-state index in [9.17, 15) is 4.79 Å². The van der Waals surface area contributed by atoms with Crippen molar-refractivity contribution in [1.29, 1.82) is 0 Å². The maximum absolute atomic E-state index is 13.1. The van der Waals surface area contributed by atoms with Gasteiger partial charge in [-0.1, -0.05) is 29.8 Å². The van der Waals surface area contributed by atoms with E-state index in [4.69, 9.17) is 9.15 Å². The Balaban J connectivity index is 1.33. The molecule has 0 aliphatic carbocycles. The van der Waals surface area contributed by atoms with Crippen LogP contribution in [0.15, 0.2) is 59.4 Å². The Morgan fingerprint density at radius 3 is 2.61 bits per heavy atom. The summed E-state index contributed by atoms with van der Waals surface area (Å²) in [6, 6.07) is 12.1. The summed E-state index contributed by atoms with van der Waals surface area (Å²) in [5, 5.41) is 0. The highest BCUT2D eigenvalue weighted by molar-refractivity contribution is 5.76. The fourth-order valence-electron chi connectivity index (χ4n) is 3.96. The summed E-state index contributed by atoms with van der Waals surface area (Å²) in [4.78, 5) is 25.9. The van der Waals surface area contributed by atoms with E-state index < -0.39 is 0 Å². The van der Waals surface area contributed by atoms with E-state index in [0.717, 1.165) is 62.7 Å². The Bertz CT molecular complexity index is 998. The number of oxazole rings is 1. The SMILES string of the molecule is Cc1ccc(-c2cnc(CCC(=O)N(CCCN3CCOCC3)Cc3ccncc3)o2)cc1. The summed E-state index contributed by atoms with van der Waals surface area (Å²) < 4.78 is 11.3. The first-order chi connectivity index (χ1) is 16.2. The van der Waals surface area contributed by atoms with Crippen LogP contribution in [0, 0.1) is 6.92 Å². The predicted molar refractivity (Wildman–Crippen MR) is 127 cm³/mol. The molecule has 3 aromatic rings. The molecule has 174 valence electrons. The Labute approximate surface area is 195 Å². The number of aryl methyl sites for hydroxylation is 2. The monoisotopic (exact) mass is 448 g/mol. The summed E-state index contributed by atoms with van der Waals surface area (Å²) in [5.74, 6) is 1.44. The molecule has 7 nitrogen and oxygen atoms in total. The van der Waals surface area contributed by atoms with Gasteiger partial charge in [-0.2, -0.15) is 0 Å². The maximum atomic E-state index is 13.1. The van der Waals surface area contributed by atoms with E-state index in [1.165, 1.54) is 5.56 Å². The molecule has 0 bridgehead atoms. The largest absolute Gasteiger partial charge is 0.441 e. The molecule has 1 fully saturated rings. The van der Waals surface area contributed by atoms with E-state index in [2.05, 4.69) is 33.9 Å². The van der Waals surface area contributed by atoms with Gasteiger partial charge in [-0.3, -0.25) is 14.7 Å². The van der Waals surface area contributed by atoms with Crippen molar-refractivity contribution in [1.82, 2.24) is 19.8 Å². The molecule has 4 rings (SSSR count). The second-order valence-electron chi connectivity index (χ2n) is 8.46. The molecule has 0 radical (unpaired) electrons. The number of ether oxygens (including phenoxy) is 1. The van der Waals surface area contributed by atoms with Gasteiger partial charge in [0.2, 0.25) is 5.91 Å². The number of morpholine rings is 1. The van der Waals surface area contributed by atoms with Gasteiger partial charge in [0.15, 0.2) is 11.7 Å². The number of aromatic nitrogens is 2. The summed E-state index contributed by atoms with van der Waals surface area (Å²) >= 11 is 0. The van der Waals surface area contributed by atoms with Crippen molar-refractivity contribution in [2.75, 3.05) is 39.4 Å². The molecule has 0 N–H and O–H groups in total. The lowest BCUT2D eigenvalue weighted by molar-refractivity contribution is -0.132. The van der Waals surface area contributed by atoms with E-state index in [-0.39, 0.29) is 5.91 Å². The molecule has 2 aromatic heterocycles. The first-order valence-electron chi connectivity index (χ1n) is 11.7. The Hall–Kier alpha value is -3.03. The fraction of sp³-hybridized carbons (Fsp3) is 0.423. The second kappa shape index (κ2) is 11.7. The van der Waals surface area contributed by atoms with Crippen molar-refractivity contribution in [2.24, 2.45) is 0 Å². The lowest BCUT2D eigenvalue weighted by atomic mass is 10.1. The average molecular weight is 449 g/mol. The lowest BCUT2D eigenvalue weighted by Crippen LogP contribution is -2.39. The number of pyridine rings is 1. The molecule has 7 heteroatoms. The molecule has 0 spiro atoms. The van der Waals surface area contributed by atoms with Gasteiger partial charge < -0.3 is 14.1 Å². The zero-order valence-corrected chi connectivity index (χ0v) is 19.3. The van der Waals surface area contributed by atoms with Crippen LogP contribution in [0.1, 0.15) is 29.9 Å². The van der Waals surface area contributed by atoms with Crippen molar-refractivity contribution in [3.8, 4) is 11.3 Å². The molecule has 0 unspecified atom stereocenters. The first kappa shape index (κ1) is 23.1. The highest BCUT2D eigenvalue weighted by Crippen LogP contribution is 2.21. The molecule has 3 heterocycles. The lowest BCUT2D eigenvalue weighted by Gasteiger charge is -2.28. The molecule has 1 amide bonds. The van der Waals surface area contributed by atoms with Crippen molar-refractivity contribution < 1.29 is 13.9 Å². The summed E-state index contributed by atoms with van der Waals surface area (Å²) in [6.45, 7) is 7.85. The number of benzene rings is 1. The standard InChI is InChI=1S/C26H32N4O3/c1-21-3-5-23(6-4-21)24-19-28-25(33-24)7-8-26(31)30(20-22-9-11-27-12-10-22)14-2-13-29-15-17-32-18-16-29/h3-6,9-12,19H,2,7-8,13-18,20H2,1H3. The zero-order chi connectivity index (χ0) is 22.9. The Morgan fingerprint density at radius 2 is 1.85 bits per heavy atom. The molecule has 1 aliphatic heterocycles.